The Morgan fingerprint density at radius 3 is 2.50 bits per heavy atom. The molecule has 2 atom stereocenters. The first-order valence-electron chi connectivity index (χ1n) is 6.96. The molecular weight excluding hydrogens is 373 g/mol. The molecule has 0 heterocycles. The predicted molar refractivity (Wildman–Crippen MR) is 79.0 cm³/mol. The molecule has 0 unspecified atom stereocenters. The number of halogens is 4. The van der Waals surface area contributed by atoms with Crippen LogP contribution in [0.15, 0.2) is 23.1 Å². The molecule has 0 radical (unpaired) electrons. The summed E-state index contributed by atoms with van der Waals surface area (Å²) in [7, 11) is -3.87. The van der Waals surface area contributed by atoms with Gasteiger partial charge in [0.15, 0.2) is 16.4 Å². The Bertz CT molecular complexity index is 732. The highest BCUT2D eigenvalue weighted by molar-refractivity contribution is 7.92. The maximum atomic E-state index is 12.6. The first-order valence-corrected chi connectivity index (χ1v) is 8.89. The van der Waals surface area contributed by atoms with Gasteiger partial charge >= 0.3 is 12.1 Å². The fourth-order valence-corrected chi connectivity index (χ4v) is 4.97. The van der Waals surface area contributed by atoms with Gasteiger partial charge in [-0.2, -0.15) is 13.2 Å². The van der Waals surface area contributed by atoms with Crippen LogP contribution in [0.3, 0.4) is 0 Å². The van der Waals surface area contributed by atoms with E-state index in [1.807, 2.05) is 0 Å². The van der Waals surface area contributed by atoms with E-state index in [2.05, 4.69) is 4.74 Å². The van der Waals surface area contributed by atoms with Crippen LogP contribution in [0.2, 0.25) is 5.02 Å². The van der Waals surface area contributed by atoms with E-state index < -0.39 is 39.8 Å². The Balaban J connectivity index is 2.18. The molecule has 0 aromatic heterocycles. The van der Waals surface area contributed by atoms with Crippen LogP contribution in [0.5, 0.6) is 5.75 Å². The molecule has 0 saturated heterocycles. The van der Waals surface area contributed by atoms with Crippen LogP contribution in [0.25, 0.3) is 0 Å². The molecule has 1 saturated carbocycles. The van der Waals surface area contributed by atoms with Gasteiger partial charge in [0.05, 0.1) is 21.1 Å². The standard InChI is InChI=1S/C14H14ClF3O5S/c15-11-6-9(23-7-14(16,17)18)2-4-12(11)24(21,22)10-3-1-8(5-10)13(19)20/h2,4,6,8,10H,1,3,5,7H2,(H,19,20)/t8-,10-/m0/s1. The number of rotatable bonds is 5. The summed E-state index contributed by atoms with van der Waals surface area (Å²) in [6, 6.07) is 3.18. The molecule has 1 fully saturated rings. The molecule has 0 spiro atoms. The highest BCUT2D eigenvalue weighted by Crippen LogP contribution is 2.37. The van der Waals surface area contributed by atoms with Crippen molar-refractivity contribution in [3.05, 3.63) is 23.2 Å². The minimum absolute atomic E-state index is 0.0136. The third kappa shape index (κ3) is 4.32. The number of ether oxygens (including phenoxy) is 1. The summed E-state index contributed by atoms with van der Waals surface area (Å²) in [6.07, 6.45) is -4.08. The van der Waals surface area contributed by atoms with Gasteiger partial charge in [0.2, 0.25) is 0 Å². The first-order chi connectivity index (χ1) is 11.0. The number of hydrogen-bond donors (Lipinski definition) is 1. The second kappa shape index (κ2) is 6.79. The lowest BCUT2D eigenvalue weighted by Crippen LogP contribution is -2.21. The van der Waals surface area contributed by atoms with E-state index in [1.165, 1.54) is 0 Å². The third-order valence-electron chi connectivity index (χ3n) is 3.78. The summed E-state index contributed by atoms with van der Waals surface area (Å²) in [5.41, 5.74) is 0. The third-order valence-corrected chi connectivity index (χ3v) is 6.48. The molecule has 24 heavy (non-hydrogen) atoms. The lowest BCUT2D eigenvalue weighted by molar-refractivity contribution is -0.153. The molecular formula is C14H14ClF3O5S. The average Bonchev–Trinajstić information content (AvgIpc) is 2.95. The molecule has 1 aliphatic carbocycles. The van der Waals surface area contributed by atoms with Crippen LogP contribution in [0.4, 0.5) is 13.2 Å². The van der Waals surface area contributed by atoms with Gasteiger partial charge in [0, 0.05) is 6.07 Å². The molecule has 10 heteroatoms. The zero-order valence-electron chi connectivity index (χ0n) is 12.2. The number of benzene rings is 1. The second-order valence-corrected chi connectivity index (χ2v) is 8.12. The van der Waals surface area contributed by atoms with E-state index in [0.717, 1.165) is 18.2 Å². The van der Waals surface area contributed by atoms with Gasteiger partial charge in [-0.3, -0.25) is 4.79 Å². The summed E-state index contributed by atoms with van der Waals surface area (Å²) in [5.74, 6) is -1.97. The van der Waals surface area contributed by atoms with E-state index >= 15 is 0 Å². The molecule has 0 amide bonds. The van der Waals surface area contributed by atoms with Crippen molar-refractivity contribution in [1.29, 1.82) is 0 Å². The van der Waals surface area contributed by atoms with Crippen LogP contribution in [-0.2, 0) is 14.6 Å². The molecule has 1 aliphatic rings. The van der Waals surface area contributed by atoms with E-state index in [4.69, 9.17) is 16.7 Å². The monoisotopic (exact) mass is 386 g/mol. The summed E-state index contributed by atoms with van der Waals surface area (Å²) >= 11 is 5.88. The number of aliphatic carboxylic acids is 1. The Morgan fingerprint density at radius 2 is 2.00 bits per heavy atom. The van der Waals surface area contributed by atoms with Crippen molar-refractivity contribution in [3.63, 3.8) is 0 Å². The number of hydrogen-bond acceptors (Lipinski definition) is 4. The molecule has 2 rings (SSSR count). The summed E-state index contributed by atoms with van der Waals surface area (Å²) in [5, 5.41) is 7.82. The number of sulfone groups is 1. The fourth-order valence-electron chi connectivity index (χ4n) is 2.59. The predicted octanol–water partition coefficient (Wildman–Crippen LogP) is 3.31. The Hall–Kier alpha value is -1.48. The van der Waals surface area contributed by atoms with Crippen molar-refractivity contribution >= 4 is 27.4 Å². The summed E-state index contributed by atoms with van der Waals surface area (Å²) in [4.78, 5) is 10.7. The minimum Gasteiger partial charge on any atom is -0.484 e. The van der Waals surface area contributed by atoms with Crippen LogP contribution in [0.1, 0.15) is 19.3 Å². The van der Waals surface area contributed by atoms with Crippen molar-refractivity contribution in [1.82, 2.24) is 0 Å². The lowest BCUT2D eigenvalue weighted by Gasteiger charge is -2.14. The zero-order chi connectivity index (χ0) is 18.1. The Kier molecular flexibility index (Phi) is 5.34. The van der Waals surface area contributed by atoms with Gasteiger partial charge in [-0.15, -0.1) is 0 Å². The average molecular weight is 387 g/mol. The molecule has 0 bridgehead atoms. The molecule has 134 valence electrons. The molecule has 1 aromatic rings. The topological polar surface area (TPSA) is 80.7 Å². The maximum Gasteiger partial charge on any atom is 0.422 e. The van der Waals surface area contributed by atoms with Crippen LogP contribution in [0, 0.1) is 5.92 Å². The molecule has 1 N–H and O–H groups in total. The minimum atomic E-state index is -4.52. The molecule has 0 aliphatic heterocycles. The maximum absolute atomic E-state index is 12.6. The van der Waals surface area contributed by atoms with Gasteiger partial charge in [0.1, 0.15) is 5.75 Å². The normalized spacial score (nSPS) is 21.7. The van der Waals surface area contributed by atoms with Crippen molar-refractivity contribution in [2.24, 2.45) is 5.92 Å². The number of alkyl halides is 3. The second-order valence-electron chi connectivity index (χ2n) is 5.51. The van der Waals surface area contributed by atoms with Gasteiger partial charge < -0.3 is 9.84 Å². The number of carboxylic acid groups (broad SMARTS) is 1. The molecule has 1 aromatic carbocycles. The number of carboxylic acids is 1. The first kappa shape index (κ1) is 18.9. The lowest BCUT2D eigenvalue weighted by atomic mass is 10.1. The van der Waals surface area contributed by atoms with Crippen molar-refractivity contribution in [3.8, 4) is 5.75 Å². The van der Waals surface area contributed by atoms with E-state index in [1.54, 1.807) is 0 Å². The van der Waals surface area contributed by atoms with Gasteiger partial charge in [-0.05, 0) is 31.4 Å². The van der Waals surface area contributed by atoms with Crippen LogP contribution >= 0.6 is 11.6 Å². The van der Waals surface area contributed by atoms with Crippen LogP contribution in [-0.4, -0.2) is 37.5 Å². The Morgan fingerprint density at radius 1 is 1.33 bits per heavy atom. The highest BCUT2D eigenvalue weighted by atomic mass is 35.5. The van der Waals surface area contributed by atoms with Gasteiger partial charge in [-0.1, -0.05) is 11.6 Å². The van der Waals surface area contributed by atoms with Crippen LogP contribution < -0.4 is 4.74 Å². The quantitative estimate of drug-likeness (QED) is 0.839. The van der Waals surface area contributed by atoms with Crippen molar-refractivity contribution in [2.45, 2.75) is 35.6 Å². The molecule has 5 nitrogen and oxygen atoms in total. The van der Waals surface area contributed by atoms with E-state index in [-0.39, 0.29) is 34.9 Å². The van der Waals surface area contributed by atoms with Crippen molar-refractivity contribution < 1.29 is 36.2 Å². The Labute approximate surface area is 141 Å². The van der Waals surface area contributed by atoms with Gasteiger partial charge in [0.25, 0.3) is 0 Å². The smallest absolute Gasteiger partial charge is 0.422 e. The summed E-state index contributed by atoms with van der Waals surface area (Å²) in [6.45, 7) is -1.52. The number of carbonyl (C=O) groups is 1. The zero-order valence-corrected chi connectivity index (χ0v) is 13.8. The SMILES string of the molecule is O=C(O)[C@H]1CC[C@H](S(=O)(=O)c2ccc(OCC(F)(F)F)cc2Cl)C1. The summed E-state index contributed by atoms with van der Waals surface area (Å²) < 4.78 is 66.0. The highest BCUT2D eigenvalue weighted by Gasteiger charge is 2.39. The fraction of sp³-hybridized carbons (Fsp3) is 0.500. The largest absolute Gasteiger partial charge is 0.484 e. The van der Waals surface area contributed by atoms with Gasteiger partial charge in [-0.25, -0.2) is 8.42 Å². The van der Waals surface area contributed by atoms with E-state index in [0.29, 0.717) is 0 Å². The van der Waals surface area contributed by atoms with Crippen molar-refractivity contribution in [2.75, 3.05) is 6.61 Å². The van der Waals surface area contributed by atoms with E-state index in [9.17, 15) is 26.4 Å².